The summed E-state index contributed by atoms with van der Waals surface area (Å²) in [5.74, 6) is 2.00. The van der Waals surface area contributed by atoms with E-state index in [9.17, 15) is 0 Å². The predicted octanol–water partition coefficient (Wildman–Crippen LogP) is 0.318. The molecule has 0 aliphatic rings. The minimum Gasteiger partial charge on any atom is -0.379 e. The van der Waals surface area contributed by atoms with E-state index in [1.165, 1.54) is 0 Å². The molecule has 4 nitrogen and oxygen atoms in total. The first-order valence-electron chi connectivity index (χ1n) is 4.72. The fraction of sp³-hybridized carbons (Fsp3) is 1.00. The molecule has 0 saturated heterocycles. The molecule has 14 heavy (non-hydrogen) atoms. The maximum atomic E-state index is 5.27. The molecular weight excluding hydrogens is 220 g/mol. The summed E-state index contributed by atoms with van der Waals surface area (Å²) in [6.45, 7) is 4.07. The van der Waals surface area contributed by atoms with E-state index in [0.717, 1.165) is 24.7 Å². The maximum absolute atomic E-state index is 5.27. The van der Waals surface area contributed by atoms with Crippen LogP contribution in [0, 0.1) is 0 Å². The molecule has 0 rings (SSSR count). The van der Waals surface area contributed by atoms with Gasteiger partial charge in [0.25, 0.3) is 0 Å². The fourth-order valence-corrected chi connectivity index (χ4v) is 2.40. The predicted molar refractivity (Wildman–Crippen MR) is 64.7 cm³/mol. The average molecular weight is 240 g/mol. The van der Waals surface area contributed by atoms with Crippen molar-refractivity contribution in [1.29, 1.82) is 0 Å². The molecule has 0 aromatic rings. The molecule has 4 N–H and O–H groups in total. The summed E-state index contributed by atoms with van der Waals surface area (Å²) in [7, 11) is 3.60. The highest BCUT2D eigenvalue weighted by molar-refractivity contribution is 8.76. The summed E-state index contributed by atoms with van der Waals surface area (Å²) < 4.78 is 10.4. The van der Waals surface area contributed by atoms with Gasteiger partial charge in [-0.05, 0) is 0 Å². The van der Waals surface area contributed by atoms with Crippen molar-refractivity contribution < 1.29 is 9.47 Å². The van der Waals surface area contributed by atoms with E-state index in [0.29, 0.717) is 26.3 Å². The second kappa shape index (κ2) is 13.5. The summed E-state index contributed by atoms with van der Waals surface area (Å²) in [6.07, 6.45) is 0. The molecule has 0 spiro atoms. The van der Waals surface area contributed by atoms with Crippen LogP contribution in [-0.4, -0.2) is 51.0 Å². The van der Waals surface area contributed by atoms with E-state index in [-0.39, 0.29) is 0 Å². The van der Waals surface area contributed by atoms with Gasteiger partial charge in [-0.25, -0.2) is 0 Å². The molecule has 0 aromatic carbocycles. The Bertz CT molecular complexity index is 97.3. The minimum atomic E-state index is 0.602. The molecule has 6 heteroatoms. The summed E-state index contributed by atoms with van der Waals surface area (Å²) in [5.41, 5.74) is 10.5. The Morgan fingerprint density at radius 3 is 1.50 bits per heavy atom. The molecule has 0 amide bonds. The third-order valence-electron chi connectivity index (χ3n) is 1.23. The number of ether oxygens (including phenoxy) is 2. The zero-order valence-electron chi connectivity index (χ0n) is 8.44. The van der Waals surface area contributed by atoms with E-state index in [2.05, 4.69) is 0 Å². The smallest absolute Gasteiger partial charge is 0.0589 e. The summed E-state index contributed by atoms with van der Waals surface area (Å²) in [6, 6.07) is 0. The zero-order chi connectivity index (χ0) is 10.5. The van der Waals surface area contributed by atoms with Crippen molar-refractivity contribution in [2.45, 2.75) is 0 Å². The SMILES string of the molecule is NCCOCCSSCCOCCN. The van der Waals surface area contributed by atoms with Gasteiger partial charge in [0, 0.05) is 24.6 Å². The van der Waals surface area contributed by atoms with Crippen LogP contribution in [0.1, 0.15) is 0 Å². The van der Waals surface area contributed by atoms with Gasteiger partial charge in [0.2, 0.25) is 0 Å². The number of hydrogen-bond donors (Lipinski definition) is 2. The van der Waals surface area contributed by atoms with Crippen molar-refractivity contribution >= 4 is 21.6 Å². The van der Waals surface area contributed by atoms with Crippen molar-refractivity contribution in [1.82, 2.24) is 0 Å². The van der Waals surface area contributed by atoms with Crippen molar-refractivity contribution in [3.05, 3.63) is 0 Å². The number of nitrogens with two attached hydrogens (primary N) is 2. The van der Waals surface area contributed by atoms with Gasteiger partial charge in [-0.3, -0.25) is 0 Å². The molecule has 0 aromatic heterocycles. The minimum absolute atomic E-state index is 0.602. The van der Waals surface area contributed by atoms with E-state index in [4.69, 9.17) is 20.9 Å². The molecule has 0 unspecified atom stereocenters. The van der Waals surface area contributed by atoms with E-state index in [1.54, 1.807) is 21.6 Å². The first-order valence-corrected chi connectivity index (χ1v) is 7.20. The molecule has 86 valence electrons. The fourth-order valence-electron chi connectivity index (χ4n) is 0.675. The summed E-state index contributed by atoms with van der Waals surface area (Å²) >= 11 is 0. The van der Waals surface area contributed by atoms with Crippen molar-refractivity contribution in [3.63, 3.8) is 0 Å². The molecule has 0 fully saturated rings. The second-order valence-corrected chi connectivity index (χ2v) is 5.15. The first kappa shape index (κ1) is 14.5. The van der Waals surface area contributed by atoms with Crippen LogP contribution in [0.25, 0.3) is 0 Å². The molecule has 0 saturated carbocycles. The van der Waals surface area contributed by atoms with E-state index in [1.807, 2.05) is 0 Å². The maximum Gasteiger partial charge on any atom is 0.0589 e. The van der Waals surface area contributed by atoms with Gasteiger partial charge >= 0.3 is 0 Å². The van der Waals surface area contributed by atoms with Crippen LogP contribution in [0.4, 0.5) is 0 Å². The monoisotopic (exact) mass is 240 g/mol. The Kier molecular flexibility index (Phi) is 14.1. The van der Waals surface area contributed by atoms with Crippen LogP contribution in [0.3, 0.4) is 0 Å². The van der Waals surface area contributed by atoms with Crippen LogP contribution in [0.2, 0.25) is 0 Å². The molecule has 0 bridgehead atoms. The van der Waals surface area contributed by atoms with Crippen LogP contribution in [-0.2, 0) is 9.47 Å². The first-order chi connectivity index (χ1) is 6.91. The largest absolute Gasteiger partial charge is 0.379 e. The summed E-state index contributed by atoms with van der Waals surface area (Å²) in [5, 5.41) is 0. The van der Waals surface area contributed by atoms with Crippen LogP contribution in [0.15, 0.2) is 0 Å². The van der Waals surface area contributed by atoms with Crippen molar-refractivity contribution in [2.75, 3.05) is 51.0 Å². The summed E-state index contributed by atoms with van der Waals surface area (Å²) in [4.78, 5) is 0. The third-order valence-corrected chi connectivity index (χ3v) is 3.56. The highest BCUT2D eigenvalue weighted by Crippen LogP contribution is 2.19. The van der Waals surface area contributed by atoms with Crippen molar-refractivity contribution in [3.8, 4) is 0 Å². The van der Waals surface area contributed by atoms with Gasteiger partial charge in [-0.1, -0.05) is 21.6 Å². The highest BCUT2D eigenvalue weighted by Gasteiger charge is 1.91. The topological polar surface area (TPSA) is 70.5 Å². The van der Waals surface area contributed by atoms with E-state index < -0.39 is 0 Å². The molecule has 0 aliphatic carbocycles. The van der Waals surface area contributed by atoms with Gasteiger partial charge < -0.3 is 20.9 Å². The number of rotatable bonds is 11. The average Bonchev–Trinajstić information content (AvgIpc) is 2.21. The van der Waals surface area contributed by atoms with Gasteiger partial charge in [0.15, 0.2) is 0 Å². The molecular formula is C8H20N2O2S2. The molecule has 0 radical (unpaired) electrons. The Hall–Kier alpha value is 0.540. The molecule has 0 heterocycles. The van der Waals surface area contributed by atoms with Gasteiger partial charge in [0.05, 0.1) is 26.4 Å². The third kappa shape index (κ3) is 12.5. The Morgan fingerprint density at radius 2 is 1.14 bits per heavy atom. The standard InChI is InChI=1S/C8H20N2O2S2/c9-1-3-11-5-7-13-14-8-6-12-4-2-10/h1-10H2. The van der Waals surface area contributed by atoms with Crippen molar-refractivity contribution in [2.24, 2.45) is 11.5 Å². The normalized spacial score (nSPS) is 10.7. The highest BCUT2D eigenvalue weighted by atomic mass is 33.1. The zero-order valence-corrected chi connectivity index (χ0v) is 10.1. The van der Waals surface area contributed by atoms with Crippen LogP contribution >= 0.6 is 21.6 Å². The lowest BCUT2D eigenvalue weighted by atomic mass is 10.7. The van der Waals surface area contributed by atoms with Gasteiger partial charge in [0.1, 0.15) is 0 Å². The van der Waals surface area contributed by atoms with Gasteiger partial charge in [-0.15, -0.1) is 0 Å². The lowest BCUT2D eigenvalue weighted by Crippen LogP contribution is -2.10. The Morgan fingerprint density at radius 1 is 0.714 bits per heavy atom. The molecule has 0 aliphatic heterocycles. The molecule has 0 atom stereocenters. The van der Waals surface area contributed by atoms with Crippen LogP contribution in [0.5, 0.6) is 0 Å². The van der Waals surface area contributed by atoms with Crippen LogP contribution < -0.4 is 11.5 Å². The van der Waals surface area contributed by atoms with Gasteiger partial charge in [-0.2, -0.15) is 0 Å². The Balaban J connectivity index is 2.78. The lowest BCUT2D eigenvalue weighted by molar-refractivity contribution is 0.157. The number of hydrogen-bond acceptors (Lipinski definition) is 6. The van der Waals surface area contributed by atoms with E-state index >= 15 is 0 Å². The Labute approximate surface area is 93.8 Å². The lowest BCUT2D eigenvalue weighted by Gasteiger charge is -2.03. The quantitative estimate of drug-likeness (QED) is 0.400. The second-order valence-electron chi connectivity index (χ2n) is 2.45.